The molecule has 0 bridgehead atoms. The lowest BCUT2D eigenvalue weighted by Crippen LogP contribution is -2.01. The Bertz CT molecular complexity index is 440. The van der Waals surface area contributed by atoms with E-state index in [0.717, 1.165) is 6.07 Å². The lowest BCUT2D eigenvalue weighted by molar-refractivity contribution is 0.505. The van der Waals surface area contributed by atoms with Crippen molar-refractivity contribution in [2.75, 3.05) is 5.32 Å². The summed E-state index contributed by atoms with van der Waals surface area (Å²) in [5, 5.41) is 2.75. The van der Waals surface area contributed by atoms with E-state index in [2.05, 4.69) is 5.32 Å². The summed E-state index contributed by atoms with van der Waals surface area (Å²) in [5.41, 5.74) is 0.131. The van der Waals surface area contributed by atoms with Gasteiger partial charge in [0.1, 0.15) is 5.76 Å². The van der Waals surface area contributed by atoms with Crippen LogP contribution in [0.5, 0.6) is 0 Å². The van der Waals surface area contributed by atoms with E-state index in [9.17, 15) is 8.78 Å². The third-order valence-corrected chi connectivity index (χ3v) is 1.98. The SMILES string of the molecule is Fc1cccc(NCc2ccco2)c1F. The first-order valence-corrected chi connectivity index (χ1v) is 4.47. The van der Waals surface area contributed by atoms with Crippen LogP contribution in [0.2, 0.25) is 0 Å². The first-order chi connectivity index (χ1) is 7.27. The van der Waals surface area contributed by atoms with Crippen molar-refractivity contribution < 1.29 is 13.2 Å². The third kappa shape index (κ3) is 2.15. The first-order valence-electron chi connectivity index (χ1n) is 4.47. The number of anilines is 1. The van der Waals surface area contributed by atoms with E-state index in [1.165, 1.54) is 18.4 Å². The minimum Gasteiger partial charge on any atom is -0.467 e. The standard InChI is InChI=1S/C11H9F2NO/c12-9-4-1-5-10(11(9)13)14-7-8-3-2-6-15-8/h1-6,14H,7H2. The first kappa shape index (κ1) is 9.71. The summed E-state index contributed by atoms with van der Waals surface area (Å²) in [6.45, 7) is 0.327. The van der Waals surface area contributed by atoms with E-state index in [4.69, 9.17) is 4.42 Å². The molecule has 78 valence electrons. The molecule has 1 heterocycles. The van der Waals surface area contributed by atoms with Crippen LogP contribution < -0.4 is 5.32 Å². The summed E-state index contributed by atoms with van der Waals surface area (Å²) in [7, 11) is 0. The largest absolute Gasteiger partial charge is 0.467 e. The molecule has 0 saturated carbocycles. The van der Waals surface area contributed by atoms with Crippen LogP contribution in [-0.2, 0) is 6.54 Å². The summed E-state index contributed by atoms with van der Waals surface area (Å²) < 4.78 is 31.0. The fourth-order valence-corrected chi connectivity index (χ4v) is 1.24. The predicted molar refractivity (Wildman–Crippen MR) is 52.4 cm³/mol. The molecule has 0 unspecified atom stereocenters. The molecule has 1 aromatic carbocycles. The Kier molecular flexibility index (Phi) is 2.67. The van der Waals surface area contributed by atoms with Gasteiger partial charge in [0.05, 0.1) is 18.5 Å². The van der Waals surface area contributed by atoms with E-state index in [1.807, 2.05) is 0 Å². The maximum Gasteiger partial charge on any atom is 0.181 e. The Morgan fingerprint density at radius 3 is 2.73 bits per heavy atom. The fraction of sp³-hybridized carbons (Fsp3) is 0.0909. The van der Waals surface area contributed by atoms with Gasteiger partial charge in [-0.15, -0.1) is 0 Å². The molecule has 0 fully saturated rings. The summed E-state index contributed by atoms with van der Waals surface area (Å²) in [6, 6.07) is 7.49. The lowest BCUT2D eigenvalue weighted by atomic mass is 10.3. The fourth-order valence-electron chi connectivity index (χ4n) is 1.24. The molecule has 0 radical (unpaired) electrons. The van der Waals surface area contributed by atoms with Gasteiger partial charge in [0.25, 0.3) is 0 Å². The van der Waals surface area contributed by atoms with Gasteiger partial charge in [-0.1, -0.05) is 6.07 Å². The Hall–Kier alpha value is -1.84. The van der Waals surface area contributed by atoms with Crippen molar-refractivity contribution in [2.45, 2.75) is 6.54 Å². The molecule has 0 saturated heterocycles. The second kappa shape index (κ2) is 4.13. The van der Waals surface area contributed by atoms with Gasteiger partial charge < -0.3 is 9.73 Å². The number of benzene rings is 1. The van der Waals surface area contributed by atoms with Gasteiger partial charge in [-0.3, -0.25) is 0 Å². The molecule has 0 aliphatic carbocycles. The second-order valence-electron chi connectivity index (χ2n) is 3.03. The molecule has 1 aromatic heterocycles. The highest BCUT2D eigenvalue weighted by molar-refractivity contribution is 5.44. The van der Waals surface area contributed by atoms with Crippen LogP contribution in [0.3, 0.4) is 0 Å². The van der Waals surface area contributed by atoms with E-state index in [1.54, 1.807) is 12.1 Å². The van der Waals surface area contributed by atoms with Crippen molar-refractivity contribution in [3.63, 3.8) is 0 Å². The van der Waals surface area contributed by atoms with Gasteiger partial charge in [-0.25, -0.2) is 8.78 Å². The highest BCUT2D eigenvalue weighted by atomic mass is 19.2. The Morgan fingerprint density at radius 2 is 2.00 bits per heavy atom. The van der Waals surface area contributed by atoms with E-state index >= 15 is 0 Å². The van der Waals surface area contributed by atoms with Crippen molar-refractivity contribution in [2.24, 2.45) is 0 Å². The average molecular weight is 209 g/mol. The average Bonchev–Trinajstić information content (AvgIpc) is 2.73. The molecule has 2 rings (SSSR count). The quantitative estimate of drug-likeness (QED) is 0.839. The zero-order chi connectivity index (χ0) is 10.7. The molecule has 4 heteroatoms. The molecule has 0 spiro atoms. The highest BCUT2D eigenvalue weighted by Gasteiger charge is 2.06. The molecular formula is C11H9F2NO. The van der Waals surface area contributed by atoms with Crippen molar-refractivity contribution in [3.8, 4) is 0 Å². The number of hydrogen-bond acceptors (Lipinski definition) is 2. The van der Waals surface area contributed by atoms with Crippen LogP contribution in [0, 0.1) is 11.6 Å². The van der Waals surface area contributed by atoms with E-state index in [-0.39, 0.29) is 5.69 Å². The molecule has 1 N–H and O–H groups in total. The number of hydrogen-bond donors (Lipinski definition) is 1. The van der Waals surface area contributed by atoms with Crippen molar-refractivity contribution in [1.82, 2.24) is 0 Å². The number of furan rings is 1. The topological polar surface area (TPSA) is 25.2 Å². The normalized spacial score (nSPS) is 10.3. The molecule has 0 aliphatic rings. The van der Waals surface area contributed by atoms with E-state index < -0.39 is 11.6 Å². The van der Waals surface area contributed by atoms with Gasteiger partial charge in [-0.2, -0.15) is 0 Å². The minimum atomic E-state index is -0.871. The van der Waals surface area contributed by atoms with E-state index in [0.29, 0.717) is 12.3 Å². The van der Waals surface area contributed by atoms with Crippen molar-refractivity contribution in [3.05, 3.63) is 54.0 Å². The predicted octanol–water partition coefficient (Wildman–Crippen LogP) is 3.17. The molecule has 2 nitrogen and oxygen atoms in total. The van der Waals surface area contributed by atoms with Crippen LogP contribution >= 0.6 is 0 Å². The van der Waals surface area contributed by atoms with Gasteiger partial charge in [0, 0.05) is 0 Å². The lowest BCUT2D eigenvalue weighted by Gasteiger charge is -2.05. The third-order valence-electron chi connectivity index (χ3n) is 1.98. The maximum absolute atomic E-state index is 13.2. The summed E-state index contributed by atoms with van der Waals surface area (Å²) in [6.07, 6.45) is 1.53. The molecule has 0 atom stereocenters. The zero-order valence-electron chi connectivity index (χ0n) is 7.84. The van der Waals surface area contributed by atoms with Gasteiger partial charge in [-0.05, 0) is 24.3 Å². The summed E-state index contributed by atoms with van der Waals surface area (Å²) in [5.74, 6) is -1.07. The van der Waals surface area contributed by atoms with Crippen LogP contribution in [0.15, 0.2) is 41.0 Å². The van der Waals surface area contributed by atoms with Crippen molar-refractivity contribution >= 4 is 5.69 Å². The Morgan fingerprint density at radius 1 is 1.13 bits per heavy atom. The molecule has 15 heavy (non-hydrogen) atoms. The molecule has 0 aliphatic heterocycles. The number of halogens is 2. The smallest absolute Gasteiger partial charge is 0.181 e. The number of nitrogens with one attached hydrogen (secondary N) is 1. The Labute approximate surface area is 85.5 Å². The molecule has 2 aromatic rings. The summed E-state index contributed by atoms with van der Waals surface area (Å²) >= 11 is 0. The Balaban J connectivity index is 2.08. The summed E-state index contributed by atoms with van der Waals surface area (Å²) in [4.78, 5) is 0. The zero-order valence-corrected chi connectivity index (χ0v) is 7.84. The van der Waals surface area contributed by atoms with Crippen LogP contribution in [0.4, 0.5) is 14.5 Å². The highest BCUT2D eigenvalue weighted by Crippen LogP contribution is 2.17. The maximum atomic E-state index is 13.2. The van der Waals surface area contributed by atoms with Gasteiger partial charge in [0.2, 0.25) is 0 Å². The molecular weight excluding hydrogens is 200 g/mol. The monoisotopic (exact) mass is 209 g/mol. The number of rotatable bonds is 3. The van der Waals surface area contributed by atoms with Crippen molar-refractivity contribution in [1.29, 1.82) is 0 Å². The minimum absolute atomic E-state index is 0.131. The van der Waals surface area contributed by atoms with Crippen LogP contribution in [-0.4, -0.2) is 0 Å². The van der Waals surface area contributed by atoms with Gasteiger partial charge in [0.15, 0.2) is 11.6 Å². The van der Waals surface area contributed by atoms with Crippen LogP contribution in [0.25, 0.3) is 0 Å². The van der Waals surface area contributed by atoms with Crippen LogP contribution in [0.1, 0.15) is 5.76 Å². The van der Waals surface area contributed by atoms with Gasteiger partial charge >= 0.3 is 0 Å². The molecule has 0 amide bonds. The second-order valence-corrected chi connectivity index (χ2v) is 3.03.